The molecule has 2 rings (SSSR count). The number of carboxylic acid groups (broad SMARTS) is 2. The summed E-state index contributed by atoms with van der Waals surface area (Å²) in [5.74, 6) is -5.61. The number of carbonyl (C=O) groups is 3. The lowest BCUT2D eigenvalue weighted by Crippen LogP contribution is -2.34. The van der Waals surface area contributed by atoms with Gasteiger partial charge in [0.05, 0.1) is 17.8 Å². The summed E-state index contributed by atoms with van der Waals surface area (Å²) < 4.78 is 0. The summed E-state index contributed by atoms with van der Waals surface area (Å²) in [7, 11) is 0. The van der Waals surface area contributed by atoms with Crippen LogP contribution in [0.5, 0.6) is 0 Å². The van der Waals surface area contributed by atoms with Crippen molar-refractivity contribution in [2.24, 2.45) is 17.8 Å². The van der Waals surface area contributed by atoms with E-state index in [4.69, 9.17) is 10.2 Å². The van der Waals surface area contributed by atoms with Gasteiger partial charge in [-0.2, -0.15) is 0 Å². The minimum atomic E-state index is -1.18. The zero-order valence-corrected chi connectivity index (χ0v) is 10.0. The van der Waals surface area contributed by atoms with Crippen molar-refractivity contribution in [1.29, 1.82) is 0 Å². The van der Waals surface area contributed by atoms with Gasteiger partial charge in [-0.3, -0.25) is 14.4 Å². The summed E-state index contributed by atoms with van der Waals surface area (Å²) in [6.45, 7) is 1.24. The number of hydrogen-bond donors (Lipinski definition) is 2. The third-order valence-electron chi connectivity index (χ3n) is 3.79. The van der Waals surface area contributed by atoms with Crippen LogP contribution in [0, 0.1) is 17.8 Å². The fraction of sp³-hybridized carbons (Fsp3) is 0.750. The smallest absolute Gasteiger partial charge is 0.308 e. The van der Waals surface area contributed by atoms with Crippen molar-refractivity contribution in [3.8, 4) is 0 Å². The monoisotopic (exact) mass is 255 g/mol. The molecule has 2 fully saturated rings. The Hall–Kier alpha value is -1.59. The van der Waals surface area contributed by atoms with Crippen LogP contribution in [-0.2, 0) is 14.4 Å². The van der Waals surface area contributed by atoms with E-state index in [1.54, 1.807) is 4.90 Å². The molecule has 1 saturated heterocycles. The fourth-order valence-corrected chi connectivity index (χ4v) is 2.73. The van der Waals surface area contributed by atoms with Gasteiger partial charge < -0.3 is 15.1 Å². The fourth-order valence-electron chi connectivity index (χ4n) is 2.73. The second-order valence-electron chi connectivity index (χ2n) is 4.99. The Bertz CT molecular complexity index is 353. The Balaban J connectivity index is 2.04. The Morgan fingerprint density at radius 1 is 0.778 bits per heavy atom. The summed E-state index contributed by atoms with van der Waals surface area (Å²) >= 11 is 0. The molecule has 1 unspecified atom stereocenters. The van der Waals surface area contributed by atoms with E-state index in [0.29, 0.717) is 13.1 Å². The Kier molecular flexibility index (Phi) is 3.54. The predicted octanol–water partition coefficient (Wildman–Crippen LogP) is 0.420. The third kappa shape index (κ3) is 2.32. The maximum Gasteiger partial charge on any atom is 0.308 e. The normalized spacial score (nSPS) is 31.6. The lowest BCUT2D eigenvalue weighted by atomic mass is 10.2. The first-order chi connectivity index (χ1) is 8.54. The first-order valence-corrected chi connectivity index (χ1v) is 6.28. The molecule has 3 atom stereocenters. The van der Waals surface area contributed by atoms with Crippen LogP contribution in [0.15, 0.2) is 0 Å². The van der Waals surface area contributed by atoms with Gasteiger partial charge in [-0.1, -0.05) is 12.8 Å². The van der Waals surface area contributed by atoms with E-state index in [2.05, 4.69) is 0 Å². The summed E-state index contributed by atoms with van der Waals surface area (Å²) in [4.78, 5) is 35.6. The minimum absolute atomic E-state index is 0.295. The van der Waals surface area contributed by atoms with Crippen LogP contribution in [0.3, 0.4) is 0 Å². The number of hydrogen-bond acceptors (Lipinski definition) is 3. The number of amides is 1. The van der Waals surface area contributed by atoms with Gasteiger partial charge >= 0.3 is 11.9 Å². The number of carbonyl (C=O) groups excluding carboxylic acids is 1. The lowest BCUT2D eigenvalue weighted by Gasteiger charge is -2.20. The average Bonchev–Trinajstić information content (AvgIpc) is 3.09. The highest BCUT2D eigenvalue weighted by Crippen LogP contribution is 2.48. The van der Waals surface area contributed by atoms with E-state index in [9.17, 15) is 14.4 Å². The number of nitrogens with zero attached hydrogens (tertiary/aromatic N) is 1. The number of rotatable bonds is 3. The molecule has 2 N–H and O–H groups in total. The quantitative estimate of drug-likeness (QED) is 0.762. The van der Waals surface area contributed by atoms with Crippen LogP contribution < -0.4 is 0 Å². The van der Waals surface area contributed by atoms with Gasteiger partial charge in [0.1, 0.15) is 0 Å². The van der Waals surface area contributed by atoms with Crippen LogP contribution in [0.2, 0.25) is 0 Å². The van der Waals surface area contributed by atoms with Crippen molar-refractivity contribution < 1.29 is 24.6 Å². The molecule has 2 aliphatic rings. The predicted molar refractivity (Wildman–Crippen MR) is 60.8 cm³/mol. The Morgan fingerprint density at radius 3 is 1.61 bits per heavy atom. The van der Waals surface area contributed by atoms with Crippen molar-refractivity contribution in [2.45, 2.75) is 25.7 Å². The maximum absolute atomic E-state index is 12.1. The van der Waals surface area contributed by atoms with Crippen molar-refractivity contribution in [3.63, 3.8) is 0 Å². The minimum Gasteiger partial charge on any atom is -0.481 e. The highest BCUT2D eigenvalue weighted by Gasteiger charge is 2.64. The molecule has 1 aliphatic carbocycles. The molecule has 18 heavy (non-hydrogen) atoms. The highest BCUT2D eigenvalue weighted by molar-refractivity contribution is 5.98. The van der Waals surface area contributed by atoms with E-state index in [1.807, 2.05) is 0 Å². The molecular formula is C12H17NO5. The first-order valence-electron chi connectivity index (χ1n) is 6.28. The molecule has 6 nitrogen and oxygen atoms in total. The molecule has 1 aliphatic heterocycles. The number of likely N-dealkylation sites (tertiary alicyclic amines) is 1. The van der Waals surface area contributed by atoms with E-state index < -0.39 is 29.7 Å². The lowest BCUT2D eigenvalue weighted by molar-refractivity contribution is -0.144. The van der Waals surface area contributed by atoms with Crippen molar-refractivity contribution in [2.75, 3.05) is 13.1 Å². The van der Waals surface area contributed by atoms with Crippen LogP contribution in [0.25, 0.3) is 0 Å². The second kappa shape index (κ2) is 4.96. The second-order valence-corrected chi connectivity index (χ2v) is 4.99. The highest BCUT2D eigenvalue weighted by atomic mass is 16.4. The SMILES string of the molecule is O=C(O)[C@@H]1C(C(=O)N2CCCCCC2)[C@@H]1C(=O)O. The molecule has 100 valence electrons. The molecule has 0 aromatic carbocycles. The summed E-state index contributed by atoms with van der Waals surface area (Å²) in [5.41, 5.74) is 0. The van der Waals surface area contributed by atoms with Gasteiger partial charge in [0.15, 0.2) is 0 Å². The molecule has 0 radical (unpaired) electrons. The Morgan fingerprint density at radius 2 is 1.22 bits per heavy atom. The zero-order chi connectivity index (χ0) is 13.3. The van der Waals surface area contributed by atoms with Gasteiger partial charge in [-0.05, 0) is 12.8 Å². The molecule has 0 aromatic rings. The molecule has 1 amide bonds. The van der Waals surface area contributed by atoms with Crippen molar-refractivity contribution in [1.82, 2.24) is 4.90 Å². The van der Waals surface area contributed by atoms with E-state index in [0.717, 1.165) is 25.7 Å². The van der Waals surface area contributed by atoms with Crippen LogP contribution in [0.4, 0.5) is 0 Å². The molecular weight excluding hydrogens is 238 g/mol. The molecule has 1 heterocycles. The Labute approximate surface area is 105 Å². The zero-order valence-electron chi connectivity index (χ0n) is 10.0. The van der Waals surface area contributed by atoms with Gasteiger partial charge in [0.2, 0.25) is 5.91 Å². The van der Waals surface area contributed by atoms with E-state index in [1.165, 1.54) is 0 Å². The summed E-state index contributed by atoms with van der Waals surface area (Å²) in [5, 5.41) is 17.8. The summed E-state index contributed by atoms with van der Waals surface area (Å²) in [6, 6.07) is 0. The maximum atomic E-state index is 12.1. The van der Waals surface area contributed by atoms with Crippen molar-refractivity contribution >= 4 is 17.8 Å². The van der Waals surface area contributed by atoms with Gasteiger partial charge in [-0.25, -0.2) is 0 Å². The van der Waals surface area contributed by atoms with E-state index >= 15 is 0 Å². The standard InChI is InChI=1S/C12H17NO5/c14-10(13-5-3-1-2-4-6-13)7-8(11(15)16)9(7)12(17)18/h7-9H,1-6H2,(H,15,16)(H,17,18)/t7?,8-,9+. The number of carboxylic acids is 2. The van der Waals surface area contributed by atoms with Gasteiger partial charge in [0.25, 0.3) is 0 Å². The average molecular weight is 255 g/mol. The number of aliphatic carboxylic acids is 2. The van der Waals surface area contributed by atoms with Crippen LogP contribution in [0.1, 0.15) is 25.7 Å². The van der Waals surface area contributed by atoms with Crippen LogP contribution in [-0.4, -0.2) is 46.0 Å². The van der Waals surface area contributed by atoms with Crippen LogP contribution >= 0.6 is 0 Å². The molecule has 1 saturated carbocycles. The van der Waals surface area contributed by atoms with Gasteiger partial charge in [0, 0.05) is 13.1 Å². The molecule has 0 bridgehead atoms. The van der Waals surface area contributed by atoms with E-state index in [-0.39, 0.29) is 5.91 Å². The third-order valence-corrected chi connectivity index (χ3v) is 3.79. The van der Waals surface area contributed by atoms with Gasteiger partial charge in [-0.15, -0.1) is 0 Å². The topological polar surface area (TPSA) is 94.9 Å². The van der Waals surface area contributed by atoms with Crippen molar-refractivity contribution in [3.05, 3.63) is 0 Å². The largest absolute Gasteiger partial charge is 0.481 e. The molecule has 6 heteroatoms. The summed E-state index contributed by atoms with van der Waals surface area (Å²) in [6.07, 6.45) is 3.96. The first kappa shape index (κ1) is 12.9. The molecule has 0 aromatic heterocycles. The molecule has 0 spiro atoms.